The van der Waals surface area contributed by atoms with E-state index in [0.29, 0.717) is 19.4 Å². The molecule has 0 amide bonds. The quantitative estimate of drug-likeness (QED) is 0.581. The summed E-state index contributed by atoms with van der Waals surface area (Å²) in [5, 5.41) is 0. The molecule has 1 N–H and O–H groups in total. The molecule has 0 saturated heterocycles. The summed E-state index contributed by atoms with van der Waals surface area (Å²) in [6.07, 6.45) is 2.32. The van der Waals surface area contributed by atoms with Crippen molar-refractivity contribution in [1.82, 2.24) is 4.72 Å². The van der Waals surface area contributed by atoms with Crippen LogP contribution in [0.3, 0.4) is 0 Å². The summed E-state index contributed by atoms with van der Waals surface area (Å²) in [4.78, 5) is 0. The first-order valence-electron chi connectivity index (χ1n) is 6.04. The Balaban J connectivity index is 2.68. The van der Waals surface area contributed by atoms with Gasteiger partial charge in [0.15, 0.2) is 5.79 Å². The molecular weight excluding hydrogens is 266 g/mol. The Kier molecular flexibility index (Phi) is 5.93. The number of hydrogen-bond acceptors (Lipinski definition) is 4. The Labute approximate surface area is 115 Å². The summed E-state index contributed by atoms with van der Waals surface area (Å²) < 4.78 is 35.4. The van der Waals surface area contributed by atoms with E-state index < -0.39 is 15.8 Å². The van der Waals surface area contributed by atoms with Crippen molar-refractivity contribution >= 4 is 10.0 Å². The number of nitrogens with one attached hydrogen (secondary N) is 1. The zero-order valence-electron chi connectivity index (χ0n) is 11.5. The van der Waals surface area contributed by atoms with Crippen LogP contribution in [0.25, 0.3) is 0 Å². The highest BCUT2D eigenvalue weighted by molar-refractivity contribution is 7.88. The van der Waals surface area contributed by atoms with Crippen LogP contribution >= 0.6 is 0 Å². The number of hydrogen-bond donors (Lipinski definition) is 1. The lowest BCUT2D eigenvalue weighted by Gasteiger charge is -2.31. The van der Waals surface area contributed by atoms with Crippen molar-refractivity contribution in [3.8, 4) is 0 Å². The van der Waals surface area contributed by atoms with Gasteiger partial charge in [-0.3, -0.25) is 0 Å². The maximum atomic E-state index is 11.0. The third kappa shape index (κ3) is 4.91. The topological polar surface area (TPSA) is 64.6 Å². The van der Waals surface area contributed by atoms with E-state index in [1.54, 1.807) is 14.2 Å². The first kappa shape index (κ1) is 16.1. The molecule has 0 radical (unpaired) electrons. The van der Waals surface area contributed by atoms with Gasteiger partial charge in [0.1, 0.15) is 0 Å². The Morgan fingerprint density at radius 1 is 1.16 bits per heavy atom. The minimum absolute atomic E-state index is 0.361. The molecule has 1 aromatic rings. The summed E-state index contributed by atoms with van der Waals surface area (Å²) in [6.45, 7) is 0.361. The highest BCUT2D eigenvalue weighted by atomic mass is 32.2. The van der Waals surface area contributed by atoms with E-state index in [0.717, 1.165) is 11.8 Å². The summed E-state index contributed by atoms with van der Waals surface area (Å²) in [5.74, 6) is -0.833. The van der Waals surface area contributed by atoms with Crippen molar-refractivity contribution in [1.29, 1.82) is 0 Å². The normalized spacial score (nSPS) is 12.6. The molecule has 0 fully saturated rings. The number of ether oxygens (including phenoxy) is 2. The SMILES string of the molecule is COC(CCCNS(C)(=O)=O)(OC)c1ccccc1. The second kappa shape index (κ2) is 7.00. The molecule has 0 saturated carbocycles. The highest BCUT2D eigenvalue weighted by Gasteiger charge is 2.31. The third-order valence-corrected chi connectivity index (χ3v) is 3.65. The van der Waals surface area contributed by atoms with Crippen LogP contribution in [-0.2, 0) is 25.3 Å². The van der Waals surface area contributed by atoms with E-state index >= 15 is 0 Å². The van der Waals surface area contributed by atoms with Gasteiger partial charge in [-0.2, -0.15) is 0 Å². The molecule has 108 valence electrons. The van der Waals surface area contributed by atoms with E-state index in [9.17, 15) is 8.42 Å². The highest BCUT2D eigenvalue weighted by Crippen LogP contribution is 2.30. The fourth-order valence-electron chi connectivity index (χ4n) is 1.94. The first-order chi connectivity index (χ1) is 8.93. The summed E-state index contributed by atoms with van der Waals surface area (Å²) in [5.41, 5.74) is 0.916. The molecule has 5 nitrogen and oxygen atoms in total. The van der Waals surface area contributed by atoms with Gasteiger partial charge in [0.2, 0.25) is 10.0 Å². The van der Waals surface area contributed by atoms with Crippen molar-refractivity contribution in [3.63, 3.8) is 0 Å². The van der Waals surface area contributed by atoms with Gasteiger partial charge >= 0.3 is 0 Å². The van der Waals surface area contributed by atoms with Crippen LogP contribution in [0.1, 0.15) is 18.4 Å². The fraction of sp³-hybridized carbons (Fsp3) is 0.538. The van der Waals surface area contributed by atoms with Crippen LogP contribution in [-0.4, -0.2) is 35.4 Å². The molecule has 0 aliphatic rings. The maximum Gasteiger partial charge on any atom is 0.208 e. The minimum Gasteiger partial charge on any atom is -0.349 e. The van der Waals surface area contributed by atoms with Crippen LogP contribution in [0.4, 0.5) is 0 Å². The molecular formula is C13H21NO4S. The summed E-state index contributed by atoms with van der Waals surface area (Å²) in [6, 6.07) is 9.60. The van der Waals surface area contributed by atoms with Gasteiger partial charge in [-0.1, -0.05) is 30.3 Å². The molecule has 6 heteroatoms. The van der Waals surface area contributed by atoms with Crippen molar-refractivity contribution in [2.75, 3.05) is 27.0 Å². The van der Waals surface area contributed by atoms with Gasteiger partial charge in [-0.05, 0) is 6.42 Å². The Morgan fingerprint density at radius 3 is 2.21 bits per heavy atom. The van der Waals surface area contributed by atoms with Gasteiger partial charge in [-0.25, -0.2) is 13.1 Å². The molecule has 19 heavy (non-hydrogen) atoms. The van der Waals surface area contributed by atoms with Crippen molar-refractivity contribution in [3.05, 3.63) is 35.9 Å². The Hall–Kier alpha value is -0.950. The van der Waals surface area contributed by atoms with Crippen LogP contribution in [0.2, 0.25) is 0 Å². The van der Waals surface area contributed by atoms with Crippen LogP contribution in [0, 0.1) is 0 Å². The van der Waals surface area contributed by atoms with Crippen molar-refractivity contribution < 1.29 is 17.9 Å². The van der Waals surface area contributed by atoms with E-state index in [1.807, 2.05) is 30.3 Å². The van der Waals surface area contributed by atoms with Gasteiger partial charge < -0.3 is 9.47 Å². The first-order valence-corrected chi connectivity index (χ1v) is 7.93. The van der Waals surface area contributed by atoms with E-state index in [2.05, 4.69) is 4.72 Å². The fourth-order valence-corrected chi connectivity index (χ4v) is 2.45. The number of rotatable bonds is 8. The maximum absolute atomic E-state index is 11.0. The molecule has 0 bridgehead atoms. The zero-order chi connectivity index (χ0) is 14.4. The van der Waals surface area contributed by atoms with Gasteiger partial charge in [0.25, 0.3) is 0 Å². The minimum atomic E-state index is -3.15. The molecule has 0 heterocycles. The molecule has 0 spiro atoms. The lowest BCUT2D eigenvalue weighted by atomic mass is 10.0. The van der Waals surface area contributed by atoms with Crippen LogP contribution < -0.4 is 4.72 Å². The Morgan fingerprint density at radius 2 is 1.74 bits per heavy atom. The van der Waals surface area contributed by atoms with Gasteiger partial charge in [0, 0.05) is 32.7 Å². The zero-order valence-corrected chi connectivity index (χ0v) is 12.4. The average molecular weight is 287 g/mol. The van der Waals surface area contributed by atoms with Crippen LogP contribution in [0.5, 0.6) is 0 Å². The molecule has 0 atom stereocenters. The number of benzene rings is 1. The van der Waals surface area contributed by atoms with Gasteiger partial charge in [0.05, 0.1) is 6.26 Å². The molecule has 0 aliphatic carbocycles. The molecule has 0 aromatic heterocycles. The van der Waals surface area contributed by atoms with Gasteiger partial charge in [-0.15, -0.1) is 0 Å². The largest absolute Gasteiger partial charge is 0.349 e. The molecule has 0 aliphatic heterocycles. The second-order valence-corrected chi connectivity index (χ2v) is 6.13. The van der Waals surface area contributed by atoms with E-state index in [-0.39, 0.29) is 0 Å². The lowest BCUT2D eigenvalue weighted by Crippen LogP contribution is -2.32. The lowest BCUT2D eigenvalue weighted by molar-refractivity contribution is -0.220. The predicted molar refractivity (Wildman–Crippen MR) is 74.2 cm³/mol. The number of sulfonamides is 1. The average Bonchev–Trinajstić information content (AvgIpc) is 2.39. The predicted octanol–water partition coefficient (Wildman–Crippen LogP) is 1.46. The van der Waals surface area contributed by atoms with Crippen LogP contribution in [0.15, 0.2) is 30.3 Å². The number of methoxy groups -OCH3 is 2. The van der Waals surface area contributed by atoms with E-state index in [4.69, 9.17) is 9.47 Å². The second-order valence-electron chi connectivity index (χ2n) is 4.30. The third-order valence-electron chi connectivity index (χ3n) is 2.92. The van der Waals surface area contributed by atoms with Crippen molar-refractivity contribution in [2.45, 2.75) is 18.6 Å². The summed E-state index contributed by atoms with van der Waals surface area (Å²) >= 11 is 0. The molecule has 1 aromatic carbocycles. The molecule has 1 rings (SSSR count). The Bertz CT molecular complexity index is 469. The standard InChI is InChI=1S/C13H21NO4S/c1-17-13(18-2,12-8-5-4-6-9-12)10-7-11-14-19(3,15)16/h4-6,8-9,14H,7,10-11H2,1-3H3. The smallest absolute Gasteiger partial charge is 0.208 e. The van der Waals surface area contributed by atoms with E-state index in [1.165, 1.54) is 0 Å². The summed E-state index contributed by atoms with van der Waals surface area (Å²) in [7, 11) is 0.0161. The van der Waals surface area contributed by atoms with Crippen molar-refractivity contribution in [2.24, 2.45) is 0 Å². The molecule has 0 unspecified atom stereocenters. The monoisotopic (exact) mass is 287 g/mol.